The van der Waals surface area contributed by atoms with Crippen molar-refractivity contribution in [2.24, 2.45) is 5.92 Å². The van der Waals surface area contributed by atoms with E-state index in [1.807, 2.05) is 6.08 Å². The topological polar surface area (TPSA) is 40.5 Å². The Bertz CT molecular complexity index is 232. The molecule has 1 heterocycles. The van der Waals surface area contributed by atoms with Crippen LogP contribution in [0, 0.1) is 5.92 Å². The summed E-state index contributed by atoms with van der Waals surface area (Å²) in [6.07, 6.45) is 9.36. The largest absolute Gasteiger partial charge is 0.481 e. The van der Waals surface area contributed by atoms with Gasteiger partial charge in [-0.15, -0.1) is 6.58 Å². The maximum Gasteiger partial charge on any atom is 0.303 e. The molecule has 0 aliphatic carbocycles. The Morgan fingerprint density at radius 3 is 2.59 bits per heavy atom. The van der Waals surface area contributed by atoms with E-state index in [1.54, 1.807) is 0 Å². The van der Waals surface area contributed by atoms with Crippen LogP contribution in [0.3, 0.4) is 0 Å². The standard InChI is InChI=1S/C14H25NO2/c1-2-3-4-5-6-9-15-10-7-13(8-11-15)12-14(16)17/h2,13H,1,3-12H2,(H,16,17). The fourth-order valence-corrected chi connectivity index (χ4v) is 2.46. The molecule has 1 aliphatic heterocycles. The van der Waals surface area contributed by atoms with Crippen LogP contribution >= 0.6 is 0 Å². The first kappa shape index (κ1) is 14.2. The normalized spacial score (nSPS) is 18.1. The third-order valence-electron chi connectivity index (χ3n) is 3.55. The van der Waals surface area contributed by atoms with Crippen LogP contribution in [0.15, 0.2) is 12.7 Å². The molecule has 0 aromatic carbocycles. The van der Waals surface area contributed by atoms with E-state index < -0.39 is 5.97 Å². The lowest BCUT2D eigenvalue weighted by atomic mass is 9.93. The van der Waals surface area contributed by atoms with Crippen molar-refractivity contribution in [2.75, 3.05) is 19.6 Å². The van der Waals surface area contributed by atoms with Crippen LogP contribution in [-0.4, -0.2) is 35.6 Å². The van der Waals surface area contributed by atoms with Gasteiger partial charge in [0.1, 0.15) is 0 Å². The van der Waals surface area contributed by atoms with Crippen molar-refractivity contribution in [1.82, 2.24) is 4.90 Å². The highest BCUT2D eigenvalue weighted by molar-refractivity contribution is 5.67. The number of likely N-dealkylation sites (tertiary alicyclic amines) is 1. The van der Waals surface area contributed by atoms with Crippen LogP contribution < -0.4 is 0 Å². The minimum Gasteiger partial charge on any atom is -0.481 e. The monoisotopic (exact) mass is 239 g/mol. The number of carbonyl (C=O) groups is 1. The number of aliphatic carboxylic acids is 1. The third-order valence-corrected chi connectivity index (χ3v) is 3.55. The van der Waals surface area contributed by atoms with Crippen molar-refractivity contribution in [3.05, 3.63) is 12.7 Å². The van der Waals surface area contributed by atoms with Crippen LogP contribution in [0.1, 0.15) is 44.9 Å². The third kappa shape index (κ3) is 6.47. The molecule has 0 spiro atoms. The minimum atomic E-state index is -0.645. The molecule has 3 heteroatoms. The average molecular weight is 239 g/mol. The fourth-order valence-electron chi connectivity index (χ4n) is 2.46. The van der Waals surface area contributed by atoms with E-state index in [4.69, 9.17) is 5.11 Å². The summed E-state index contributed by atoms with van der Waals surface area (Å²) in [4.78, 5) is 13.1. The lowest BCUT2D eigenvalue weighted by molar-refractivity contribution is -0.138. The molecule has 0 radical (unpaired) electrons. The highest BCUT2D eigenvalue weighted by Crippen LogP contribution is 2.20. The summed E-state index contributed by atoms with van der Waals surface area (Å²) >= 11 is 0. The molecule has 0 bridgehead atoms. The van der Waals surface area contributed by atoms with Crippen LogP contribution in [0.5, 0.6) is 0 Å². The molecule has 0 amide bonds. The molecular weight excluding hydrogens is 214 g/mol. The first-order valence-corrected chi connectivity index (χ1v) is 6.77. The highest BCUT2D eigenvalue weighted by atomic mass is 16.4. The highest BCUT2D eigenvalue weighted by Gasteiger charge is 2.20. The summed E-state index contributed by atoms with van der Waals surface area (Å²) in [5, 5.41) is 8.73. The summed E-state index contributed by atoms with van der Waals surface area (Å²) in [6, 6.07) is 0. The molecule has 0 aromatic rings. The number of carboxylic acid groups (broad SMARTS) is 1. The fraction of sp³-hybridized carbons (Fsp3) is 0.786. The van der Waals surface area contributed by atoms with Crippen molar-refractivity contribution in [2.45, 2.75) is 44.9 Å². The number of piperidine rings is 1. The molecule has 1 saturated heterocycles. The van der Waals surface area contributed by atoms with E-state index in [0.717, 1.165) is 32.4 Å². The van der Waals surface area contributed by atoms with Crippen molar-refractivity contribution < 1.29 is 9.90 Å². The van der Waals surface area contributed by atoms with Crippen LogP contribution in [0.25, 0.3) is 0 Å². The van der Waals surface area contributed by atoms with Crippen molar-refractivity contribution in [1.29, 1.82) is 0 Å². The molecule has 0 aromatic heterocycles. The van der Waals surface area contributed by atoms with Gasteiger partial charge < -0.3 is 10.0 Å². The minimum absolute atomic E-state index is 0.354. The van der Waals surface area contributed by atoms with E-state index >= 15 is 0 Å². The maximum absolute atomic E-state index is 10.6. The van der Waals surface area contributed by atoms with Gasteiger partial charge in [0.15, 0.2) is 0 Å². The maximum atomic E-state index is 10.6. The van der Waals surface area contributed by atoms with Gasteiger partial charge in [-0.05, 0) is 57.7 Å². The smallest absolute Gasteiger partial charge is 0.303 e. The lowest BCUT2D eigenvalue weighted by Crippen LogP contribution is -2.35. The average Bonchev–Trinajstić information content (AvgIpc) is 2.30. The van der Waals surface area contributed by atoms with Crippen LogP contribution in [0.2, 0.25) is 0 Å². The van der Waals surface area contributed by atoms with Gasteiger partial charge in [-0.1, -0.05) is 12.5 Å². The van der Waals surface area contributed by atoms with Gasteiger partial charge in [0, 0.05) is 6.42 Å². The quantitative estimate of drug-likeness (QED) is 0.523. The number of hydrogen-bond donors (Lipinski definition) is 1. The second-order valence-electron chi connectivity index (χ2n) is 5.02. The Kier molecular flexibility index (Phi) is 6.94. The van der Waals surface area contributed by atoms with Crippen molar-refractivity contribution in [3.8, 4) is 0 Å². The number of nitrogens with zero attached hydrogens (tertiary/aromatic N) is 1. The zero-order valence-electron chi connectivity index (χ0n) is 10.7. The summed E-state index contributed by atoms with van der Waals surface area (Å²) in [5.74, 6) is -0.239. The second kappa shape index (κ2) is 8.29. The molecule has 17 heavy (non-hydrogen) atoms. The van der Waals surface area contributed by atoms with Gasteiger partial charge in [0.25, 0.3) is 0 Å². The van der Waals surface area contributed by atoms with E-state index in [9.17, 15) is 4.79 Å². The Morgan fingerprint density at radius 2 is 2.00 bits per heavy atom. The number of hydrogen-bond acceptors (Lipinski definition) is 2. The number of unbranched alkanes of at least 4 members (excludes halogenated alkanes) is 3. The molecule has 3 nitrogen and oxygen atoms in total. The van der Waals surface area contributed by atoms with Gasteiger partial charge in [0.2, 0.25) is 0 Å². The summed E-state index contributed by atoms with van der Waals surface area (Å²) in [5.41, 5.74) is 0. The number of carboxylic acids is 1. The number of allylic oxidation sites excluding steroid dienone is 1. The number of rotatable bonds is 8. The lowest BCUT2D eigenvalue weighted by Gasteiger charge is -2.31. The first-order chi connectivity index (χ1) is 8.22. The second-order valence-corrected chi connectivity index (χ2v) is 5.02. The molecule has 1 rings (SSSR count). The summed E-state index contributed by atoms with van der Waals surface area (Å²) < 4.78 is 0. The van der Waals surface area contributed by atoms with Gasteiger partial charge in [-0.25, -0.2) is 0 Å². The first-order valence-electron chi connectivity index (χ1n) is 6.77. The van der Waals surface area contributed by atoms with Crippen LogP contribution in [0.4, 0.5) is 0 Å². The predicted octanol–water partition coefficient (Wildman–Crippen LogP) is 2.92. The molecule has 1 N–H and O–H groups in total. The Balaban J connectivity index is 2.02. The zero-order valence-corrected chi connectivity index (χ0v) is 10.7. The summed E-state index contributed by atoms with van der Waals surface area (Å²) in [7, 11) is 0. The zero-order chi connectivity index (χ0) is 12.5. The molecule has 1 fully saturated rings. The Labute approximate surface area is 105 Å². The van der Waals surface area contributed by atoms with E-state index in [2.05, 4.69) is 11.5 Å². The Hall–Kier alpha value is -0.830. The van der Waals surface area contributed by atoms with Crippen molar-refractivity contribution in [3.63, 3.8) is 0 Å². The molecule has 0 saturated carbocycles. The van der Waals surface area contributed by atoms with Gasteiger partial charge in [-0.2, -0.15) is 0 Å². The van der Waals surface area contributed by atoms with Gasteiger partial charge >= 0.3 is 5.97 Å². The molecule has 98 valence electrons. The van der Waals surface area contributed by atoms with Crippen molar-refractivity contribution >= 4 is 5.97 Å². The van der Waals surface area contributed by atoms with Crippen LogP contribution in [-0.2, 0) is 4.79 Å². The van der Waals surface area contributed by atoms with Gasteiger partial charge in [-0.3, -0.25) is 4.79 Å². The summed E-state index contributed by atoms with van der Waals surface area (Å²) in [6.45, 7) is 7.06. The van der Waals surface area contributed by atoms with E-state index in [1.165, 1.54) is 25.8 Å². The molecular formula is C14H25NO2. The Morgan fingerprint density at radius 1 is 1.29 bits per heavy atom. The van der Waals surface area contributed by atoms with Gasteiger partial charge in [0.05, 0.1) is 0 Å². The predicted molar refractivity (Wildman–Crippen MR) is 70.1 cm³/mol. The SMILES string of the molecule is C=CCCCCCN1CCC(CC(=O)O)CC1. The van der Waals surface area contributed by atoms with E-state index in [0.29, 0.717) is 12.3 Å². The molecule has 0 unspecified atom stereocenters. The molecule has 0 atom stereocenters. The molecule has 1 aliphatic rings. The van der Waals surface area contributed by atoms with E-state index in [-0.39, 0.29) is 0 Å².